The third kappa shape index (κ3) is 6.04. The maximum absolute atomic E-state index is 11.9. The Morgan fingerprint density at radius 1 is 1.14 bits per heavy atom. The lowest BCUT2D eigenvalue weighted by Gasteiger charge is -2.17. The van der Waals surface area contributed by atoms with Crippen molar-refractivity contribution in [2.75, 3.05) is 5.32 Å². The summed E-state index contributed by atoms with van der Waals surface area (Å²) in [5.41, 5.74) is 1.46. The average molecular weight is 287 g/mol. The molecule has 0 aliphatic rings. The molecule has 0 fully saturated rings. The Bertz CT molecular complexity index is 542. The van der Waals surface area contributed by atoms with E-state index in [1.165, 1.54) is 0 Å². The van der Waals surface area contributed by atoms with E-state index in [-0.39, 0.29) is 18.2 Å². The number of hydrogen-bond donors (Lipinski definition) is 1. The molecule has 116 valence electrons. The van der Waals surface area contributed by atoms with Crippen LogP contribution in [0, 0.1) is 22.7 Å². The molecule has 2 nitrogen and oxygen atoms in total. The first-order chi connectivity index (χ1) is 9.64. The molecular weight excluding hydrogens is 258 g/mol. The highest BCUT2D eigenvalue weighted by atomic mass is 16.2. The van der Waals surface area contributed by atoms with E-state index < -0.39 is 0 Å². The summed E-state index contributed by atoms with van der Waals surface area (Å²) in [6, 6.07) is 7.71. The van der Waals surface area contributed by atoms with E-state index >= 15 is 0 Å². The Hall–Kier alpha value is -1.75. The van der Waals surface area contributed by atoms with Crippen LogP contribution in [0.25, 0.3) is 0 Å². The van der Waals surface area contributed by atoms with Crippen LogP contribution in [0.2, 0.25) is 0 Å². The lowest BCUT2D eigenvalue weighted by molar-refractivity contribution is -0.123. The normalized spacial score (nSPS) is 11.5. The SMILES string of the molecule is CCCC(C)(C)C#Cc1ccc(NC(=O)C(C)(C)C)cc1.[HH]. The number of rotatable bonds is 3. The topological polar surface area (TPSA) is 29.1 Å². The van der Waals surface area contributed by atoms with Gasteiger partial charge in [0.1, 0.15) is 0 Å². The Morgan fingerprint density at radius 3 is 2.19 bits per heavy atom. The van der Waals surface area contributed by atoms with E-state index in [0.717, 1.165) is 24.1 Å². The van der Waals surface area contributed by atoms with Crippen LogP contribution >= 0.6 is 0 Å². The molecule has 21 heavy (non-hydrogen) atoms. The summed E-state index contributed by atoms with van der Waals surface area (Å²) in [4.78, 5) is 11.9. The molecule has 0 aliphatic carbocycles. The third-order valence-electron chi connectivity index (χ3n) is 3.24. The van der Waals surface area contributed by atoms with E-state index in [1.807, 2.05) is 45.0 Å². The Morgan fingerprint density at radius 2 is 1.71 bits per heavy atom. The summed E-state index contributed by atoms with van der Waals surface area (Å²) in [5.74, 6) is 6.56. The fourth-order valence-corrected chi connectivity index (χ4v) is 1.88. The van der Waals surface area contributed by atoms with Crippen LogP contribution in [0.1, 0.15) is 61.4 Å². The summed E-state index contributed by atoms with van der Waals surface area (Å²) in [6.07, 6.45) is 2.24. The predicted octanol–water partition coefficient (Wildman–Crippen LogP) is 5.10. The van der Waals surface area contributed by atoms with E-state index in [1.54, 1.807) is 0 Å². The van der Waals surface area contributed by atoms with E-state index in [0.29, 0.717) is 0 Å². The second-order valence-corrected chi connectivity index (χ2v) is 7.17. The molecule has 1 aromatic carbocycles. The van der Waals surface area contributed by atoms with E-state index in [2.05, 4.69) is 37.9 Å². The average Bonchev–Trinajstić information content (AvgIpc) is 2.37. The van der Waals surface area contributed by atoms with Gasteiger partial charge in [-0.15, -0.1) is 0 Å². The summed E-state index contributed by atoms with van der Waals surface area (Å²) >= 11 is 0. The van der Waals surface area contributed by atoms with Crippen LogP contribution in [0.3, 0.4) is 0 Å². The van der Waals surface area contributed by atoms with Gasteiger partial charge in [0.25, 0.3) is 0 Å². The Kier molecular flexibility index (Phi) is 5.61. The van der Waals surface area contributed by atoms with Crippen molar-refractivity contribution >= 4 is 11.6 Å². The number of carbonyl (C=O) groups is 1. The maximum Gasteiger partial charge on any atom is 0.229 e. The monoisotopic (exact) mass is 287 g/mol. The molecule has 1 aromatic rings. The molecule has 2 heteroatoms. The molecule has 1 rings (SSSR count). The van der Waals surface area contributed by atoms with Crippen LogP contribution in [0.5, 0.6) is 0 Å². The third-order valence-corrected chi connectivity index (χ3v) is 3.24. The number of hydrogen-bond acceptors (Lipinski definition) is 1. The summed E-state index contributed by atoms with van der Waals surface area (Å²) in [6.45, 7) is 12.2. The molecule has 0 heterocycles. The summed E-state index contributed by atoms with van der Waals surface area (Å²) in [5, 5.41) is 2.91. The van der Waals surface area contributed by atoms with Gasteiger partial charge in [-0.3, -0.25) is 4.79 Å². The largest absolute Gasteiger partial charge is 0.326 e. The minimum Gasteiger partial charge on any atom is -0.326 e. The molecule has 0 saturated carbocycles. The molecule has 0 bridgehead atoms. The number of anilines is 1. The lowest BCUT2D eigenvalue weighted by Crippen LogP contribution is -2.27. The van der Waals surface area contributed by atoms with Crippen LogP contribution < -0.4 is 5.32 Å². The van der Waals surface area contributed by atoms with Crippen molar-refractivity contribution in [2.45, 2.75) is 54.4 Å². The van der Waals surface area contributed by atoms with Crippen molar-refractivity contribution in [3.05, 3.63) is 29.8 Å². The molecule has 0 atom stereocenters. The van der Waals surface area contributed by atoms with Crippen molar-refractivity contribution in [3.8, 4) is 11.8 Å². The minimum atomic E-state index is -0.386. The molecule has 1 amide bonds. The number of amides is 1. The Labute approximate surface area is 130 Å². The van der Waals surface area contributed by atoms with Gasteiger partial charge in [-0.05, 0) is 44.5 Å². The Balaban J connectivity index is 0.00000441. The van der Waals surface area contributed by atoms with Gasteiger partial charge in [0.15, 0.2) is 0 Å². The zero-order valence-electron chi connectivity index (χ0n) is 14.1. The first-order valence-corrected chi connectivity index (χ1v) is 7.59. The molecule has 0 spiro atoms. The predicted molar refractivity (Wildman–Crippen MR) is 92.2 cm³/mol. The fourth-order valence-electron chi connectivity index (χ4n) is 1.88. The lowest BCUT2D eigenvalue weighted by atomic mass is 9.89. The first kappa shape index (κ1) is 17.3. The maximum atomic E-state index is 11.9. The van der Waals surface area contributed by atoms with Crippen LogP contribution in [0.4, 0.5) is 5.69 Å². The number of nitrogens with one attached hydrogen (secondary N) is 1. The van der Waals surface area contributed by atoms with E-state index in [4.69, 9.17) is 0 Å². The highest BCUT2D eigenvalue weighted by molar-refractivity contribution is 5.94. The molecule has 0 radical (unpaired) electrons. The summed E-state index contributed by atoms with van der Waals surface area (Å²) < 4.78 is 0. The van der Waals surface area contributed by atoms with Gasteiger partial charge in [0.2, 0.25) is 5.91 Å². The van der Waals surface area contributed by atoms with Gasteiger partial charge in [-0.1, -0.05) is 46.0 Å². The van der Waals surface area contributed by atoms with Gasteiger partial charge in [0, 0.05) is 23.5 Å². The van der Waals surface area contributed by atoms with Gasteiger partial charge in [0.05, 0.1) is 0 Å². The van der Waals surface area contributed by atoms with Crippen LogP contribution in [-0.2, 0) is 4.79 Å². The molecule has 0 aliphatic heterocycles. The number of benzene rings is 1. The minimum absolute atomic E-state index is 0. The fraction of sp³-hybridized carbons (Fsp3) is 0.526. The first-order valence-electron chi connectivity index (χ1n) is 7.59. The quantitative estimate of drug-likeness (QED) is 0.770. The standard InChI is InChI=1S/C19H27NO.H2/c1-7-13-19(5,6)14-12-15-8-10-16(11-9-15)20-17(21)18(2,3)4;/h8-11H,7,13H2,1-6H3,(H,20,21);1H. The van der Waals surface area contributed by atoms with Crippen molar-refractivity contribution in [3.63, 3.8) is 0 Å². The van der Waals surface area contributed by atoms with Crippen molar-refractivity contribution in [1.29, 1.82) is 0 Å². The molecular formula is C19H29NO. The second kappa shape index (κ2) is 6.80. The van der Waals surface area contributed by atoms with Crippen LogP contribution in [0.15, 0.2) is 24.3 Å². The smallest absolute Gasteiger partial charge is 0.229 e. The van der Waals surface area contributed by atoms with Gasteiger partial charge < -0.3 is 5.32 Å². The van der Waals surface area contributed by atoms with Crippen LogP contribution in [-0.4, -0.2) is 5.91 Å². The zero-order chi connectivity index (χ0) is 16.1. The molecule has 0 unspecified atom stereocenters. The van der Waals surface area contributed by atoms with Gasteiger partial charge in [-0.2, -0.15) is 0 Å². The summed E-state index contributed by atoms with van der Waals surface area (Å²) in [7, 11) is 0. The van der Waals surface area contributed by atoms with Gasteiger partial charge in [-0.25, -0.2) is 0 Å². The zero-order valence-corrected chi connectivity index (χ0v) is 14.1. The van der Waals surface area contributed by atoms with Gasteiger partial charge >= 0.3 is 0 Å². The van der Waals surface area contributed by atoms with E-state index in [9.17, 15) is 4.79 Å². The van der Waals surface area contributed by atoms with Crippen molar-refractivity contribution in [2.24, 2.45) is 10.8 Å². The van der Waals surface area contributed by atoms with Crippen molar-refractivity contribution in [1.82, 2.24) is 0 Å². The van der Waals surface area contributed by atoms with Crippen molar-refractivity contribution < 1.29 is 6.22 Å². The second-order valence-electron chi connectivity index (χ2n) is 7.17. The highest BCUT2D eigenvalue weighted by Gasteiger charge is 2.20. The molecule has 0 saturated heterocycles. The molecule has 1 N–H and O–H groups in total. The number of carbonyl (C=O) groups excluding carboxylic acids is 1. The molecule has 0 aromatic heterocycles. The highest BCUT2D eigenvalue weighted by Crippen LogP contribution is 2.21.